The SMILES string of the molecule is O=C(Nc1nc(S)c(S)c(S)c1S)c1cc(Oc2cncc(F)c2)cn2cnnc12. The van der Waals surface area contributed by atoms with Gasteiger partial charge in [-0.2, -0.15) is 0 Å². The van der Waals surface area contributed by atoms with Crippen LogP contribution in [0.5, 0.6) is 11.5 Å². The van der Waals surface area contributed by atoms with Crippen LogP contribution in [-0.4, -0.2) is 30.5 Å². The van der Waals surface area contributed by atoms with Gasteiger partial charge in [0.05, 0.1) is 33.9 Å². The fourth-order valence-electron chi connectivity index (χ4n) is 2.52. The van der Waals surface area contributed by atoms with E-state index in [1.54, 1.807) is 6.20 Å². The number of aromatic nitrogens is 5. The van der Waals surface area contributed by atoms with Gasteiger partial charge in [0.2, 0.25) is 0 Å². The number of hydrogen-bond acceptors (Lipinski definition) is 10. The molecule has 13 heteroatoms. The third kappa shape index (κ3) is 4.05. The van der Waals surface area contributed by atoms with Gasteiger partial charge in [-0.25, -0.2) is 9.37 Å². The van der Waals surface area contributed by atoms with Gasteiger partial charge >= 0.3 is 0 Å². The van der Waals surface area contributed by atoms with Crippen molar-refractivity contribution < 1.29 is 13.9 Å². The highest BCUT2D eigenvalue weighted by Crippen LogP contribution is 2.34. The fourth-order valence-corrected chi connectivity index (χ4v) is 3.50. The molecule has 30 heavy (non-hydrogen) atoms. The summed E-state index contributed by atoms with van der Waals surface area (Å²) in [5, 5.41) is 10.7. The summed E-state index contributed by atoms with van der Waals surface area (Å²) in [7, 11) is 0. The van der Waals surface area contributed by atoms with E-state index in [0.29, 0.717) is 14.7 Å². The van der Waals surface area contributed by atoms with E-state index in [2.05, 4.69) is 76.0 Å². The van der Waals surface area contributed by atoms with Crippen LogP contribution < -0.4 is 10.1 Å². The topological polar surface area (TPSA) is 94.3 Å². The molecule has 0 spiro atoms. The largest absolute Gasteiger partial charge is 0.454 e. The van der Waals surface area contributed by atoms with Gasteiger partial charge in [0.15, 0.2) is 5.65 Å². The number of anilines is 1. The molecule has 8 nitrogen and oxygen atoms in total. The molecular weight excluding hydrogens is 467 g/mol. The van der Waals surface area contributed by atoms with Crippen molar-refractivity contribution in [1.82, 2.24) is 24.6 Å². The lowest BCUT2D eigenvalue weighted by Crippen LogP contribution is -2.15. The minimum absolute atomic E-state index is 0.139. The van der Waals surface area contributed by atoms with Crippen LogP contribution in [0.25, 0.3) is 5.65 Å². The summed E-state index contributed by atoms with van der Waals surface area (Å²) in [4.78, 5) is 22.1. The van der Waals surface area contributed by atoms with Crippen LogP contribution >= 0.6 is 50.5 Å². The van der Waals surface area contributed by atoms with Crippen molar-refractivity contribution >= 4 is 67.9 Å². The van der Waals surface area contributed by atoms with Crippen LogP contribution in [0.1, 0.15) is 10.4 Å². The van der Waals surface area contributed by atoms with Crippen LogP contribution in [0, 0.1) is 5.82 Å². The van der Waals surface area contributed by atoms with E-state index in [0.717, 1.165) is 6.20 Å². The number of amides is 1. The molecule has 0 radical (unpaired) electrons. The molecule has 4 aromatic heterocycles. The maximum Gasteiger partial charge on any atom is 0.260 e. The smallest absolute Gasteiger partial charge is 0.260 e. The van der Waals surface area contributed by atoms with E-state index in [1.165, 1.54) is 29.1 Å². The molecular formula is C17H11FN6O2S4. The lowest BCUT2D eigenvalue weighted by molar-refractivity contribution is 0.102. The van der Waals surface area contributed by atoms with E-state index in [4.69, 9.17) is 4.74 Å². The van der Waals surface area contributed by atoms with E-state index in [-0.39, 0.29) is 33.6 Å². The first-order chi connectivity index (χ1) is 14.3. The second-order valence-electron chi connectivity index (χ2n) is 5.88. The second kappa shape index (κ2) is 8.34. The van der Waals surface area contributed by atoms with Crippen molar-refractivity contribution in [3.63, 3.8) is 0 Å². The van der Waals surface area contributed by atoms with Gasteiger partial charge in [0.25, 0.3) is 5.91 Å². The summed E-state index contributed by atoms with van der Waals surface area (Å²) in [5.74, 6) is -0.548. The van der Waals surface area contributed by atoms with Crippen LogP contribution in [0.2, 0.25) is 0 Å². The molecule has 152 valence electrons. The van der Waals surface area contributed by atoms with Crippen molar-refractivity contribution in [2.45, 2.75) is 19.7 Å². The Morgan fingerprint density at radius 3 is 2.63 bits per heavy atom. The molecule has 0 bridgehead atoms. The Bertz CT molecular complexity index is 1300. The van der Waals surface area contributed by atoms with Gasteiger partial charge in [-0.1, -0.05) is 0 Å². The van der Waals surface area contributed by atoms with Crippen molar-refractivity contribution in [1.29, 1.82) is 0 Å². The molecule has 0 unspecified atom stereocenters. The van der Waals surface area contributed by atoms with Crippen molar-refractivity contribution in [2.75, 3.05) is 5.32 Å². The number of nitrogens with zero attached hydrogens (tertiary/aromatic N) is 5. The molecule has 1 N–H and O–H groups in total. The van der Waals surface area contributed by atoms with Crippen molar-refractivity contribution in [3.05, 3.63) is 48.4 Å². The van der Waals surface area contributed by atoms with Gasteiger partial charge in [-0.3, -0.25) is 14.2 Å². The van der Waals surface area contributed by atoms with E-state index in [1.807, 2.05) is 0 Å². The fraction of sp³-hybridized carbons (Fsp3) is 0. The number of halogens is 1. The Labute approximate surface area is 190 Å². The van der Waals surface area contributed by atoms with Gasteiger partial charge in [0.1, 0.15) is 34.5 Å². The Morgan fingerprint density at radius 1 is 1.07 bits per heavy atom. The number of nitrogens with one attached hydrogen (secondary N) is 1. The van der Waals surface area contributed by atoms with Crippen molar-refractivity contribution in [3.8, 4) is 11.5 Å². The number of carbonyl (C=O) groups is 1. The first-order valence-corrected chi connectivity index (χ1v) is 9.89. The molecule has 0 aromatic carbocycles. The quantitative estimate of drug-likeness (QED) is 0.286. The molecule has 4 aromatic rings. The number of hydrogen-bond donors (Lipinski definition) is 5. The third-order valence-electron chi connectivity index (χ3n) is 3.86. The van der Waals surface area contributed by atoms with Gasteiger partial charge in [-0.05, 0) is 6.07 Å². The standard InChI is InChI=1S/C17H11FN6O2S4/c18-7-1-8(4-19-3-7)26-9-2-10(15-23-20-6-24(15)5-9)16(25)21-14-12(28)11(27)13(29)17(30)22-14/h1-6,28-29H,(H3,21,22,25,27,30). The summed E-state index contributed by atoms with van der Waals surface area (Å²) >= 11 is 17.1. The Hall–Kier alpha value is -2.48. The highest BCUT2D eigenvalue weighted by molar-refractivity contribution is 7.86. The van der Waals surface area contributed by atoms with Crippen LogP contribution in [0.3, 0.4) is 0 Å². The second-order valence-corrected chi connectivity index (χ2v) is 7.64. The maximum absolute atomic E-state index is 13.4. The zero-order valence-electron chi connectivity index (χ0n) is 14.7. The molecule has 0 aliphatic rings. The molecule has 0 fully saturated rings. The summed E-state index contributed by atoms with van der Waals surface area (Å²) in [6, 6.07) is 2.61. The van der Waals surface area contributed by atoms with Gasteiger partial charge in [-0.15, -0.1) is 60.7 Å². The van der Waals surface area contributed by atoms with E-state index in [9.17, 15) is 9.18 Å². The predicted molar refractivity (Wildman–Crippen MR) is 118 cm³/mol. The molecule has 1 amide bonds. The van der Waals surface area contributed by atoms with Crippen LogP contribution in [0.15, 0.2) is 56.8 Å². The lowest BCUT2D eigenvalue weighted by atomic mass is 10.2. The monoisotopic (exact) mass is 478 g/mol. The number of fused-ring (bicyclic) bond motifs is 1. The Balaban J connectivity index is 1.71. The third-order valence-corrected chi connectivity index (χ3v) is 6.03. The lowest BCUT2D eigenvalue weighted by Gasteiger charge is -2.13. The summed E-state index contributed by atoms with van der Waals surface area (Å²) in [6.07, 6.45) is 5.35. The van der Waals surface area contributed by atoms with Gasteiger partial charge in [0, 0.05) is 11.0 Å². The minimum Gasteiger partial charge on any atom is -0.454 e. The number of carbonyl (C=O) groups excluding carboxylic acids is 1. The molecule has 0 aliphatic carbocycles. The number of rotatable bonds is 4. The van der Waals surface area contributed by atoms with E-state index < -0.39 is 11.7 Å². The number of pyridine rings is 3. The first kappa shape index (κ1) is 20.8. The first-order valence-electron chi connectivity index (χ1n) is 8.10. The number of thiol groups is 4. The molecule has 4 rings (SSSR count). The zero-order valence-corrected chi connectivity index (χ0v) is 18.3. The van der Waals surface area contributed by atoms with E-state index >= 15 is 0 Å². The molecule has 0 aliphatic heterocycles. The Kier molecular flexibility index (Phi) is 5.77. The number of ether oxygens (including phenoxy) is 1. The minimum atomic E-state index is -0.555. The molecule has 0 saturated carbocycles. The highest BCUT2D eigenvalue weighted by Gasteiger charge is 2.19. The molecule has 0 saturated heterocycles. The maximum atomic E-state index is 13.4. The average molecular weight is 479 g/mol. The van der Waals surface area contributed by atoms with Crippen molar-refractivity contribution in [2.24, 2.45) is 0 Å². The predicted octanol–water partition coefficient (Wildman–Crippen LogP) is 3.86. The van der Waals surface area contributed by atoms with Crippen LogP contribution in [0.4, 0.5) is 10.2 Å². The summed E-state index contributed by atoms with van der Waals surface area (Å²) in [5.41, 5.74) is 0.418. The summed E-state index contributed by atoms with van der Waals surface area (Å²) < 4.78 is 20.5. The average Bonchev–Trinajstić information content (AvgIpc) is 3.18. The zero-order chi connectivity index (χ0) is 21.4. The van der Waals surface area contributed by atoms with Gasteiger partial charge < -0.3 is 10.1 Å². The molecule has 0 atom stereocenters. The highest BCUT2D eigenvalue weighted by atomic mass is 32.1. The Morgan fingerprint density at radius 2 is 1.87 bits per heavy atom. The molecule has 4 heterocycles. The van der Waals surface area contributed by atoms with Crippen LogP contribution in [-0.2, 0) is 0 Å². The summed E-state index contributed by atoms with van der Waals surface area (Å²) in [6.45, 7) is 0. The normalized spacial score (nSPS) is 11.0.